The van der Waals surface area contributed by atoms with Crippen molar-refractivity contribution in [2.45, 2.75) is 85.1 Å². The molecule has 0 amide bonds. The predicted molar refractivity (Wildman–Crippen MR) is 163 cm³/mol. The van der Waals surface area contributed by atoms with Crippen molar-refractivity contribution in [2.75, 3.05) is 24.9 Å². The molecular weight excluding hydrogens is 498 g/mol. The lowest BCUT2D eigenvalue weighted by molar-refractivity contribution is -0.151. The van der Waals surface area contributed by atoms with E-state index in [1.807, 2.05) is 39.1 Å². The van der Waals surface area contributed by atoms with Gasteiger partial charge >= 0.3 is 5.97 Å². The summed E-state index contributed by atoms with van der Waals surface area (Å²) in [5, 5.41) is 1.52. The van der Waals surface area contributed by atoms with Gasteiger partial charge in [-0.2, -0.15) is 0 Å². The third kappa shape index (κ3) is 6.20. The highest BCUT2D eigenvalue weighted by molar-refractivity contribution is 5.80. The second kappa shape index (κ2) is 12.5. The molecule has 1 unspecified atom stereocenters. The van der Waals surface area contributed by atoms with Crippen LogP contribution >= 0.6 is 0 Å². The lowest BCUT2D eigenvalue weighted by Gasteiger charge is -2.35. The summed E-state index contributed by atoms with van der Waals surface area (Å²) in [6.07, 6.45) is 13.0. The number of carbonyl (C=O) groups excluding carboxylic acids is 1. The van der Waals surface area contributed by atoms with Crippen molar-refractivity contribution >= 4 is 17.3 Å². The third-order valence-electron chi connectivity index (χ3n) is 8.95. The van der Waals surface area contributed by atoms with Crippen LogP contribution in [0.5, 0.6) is 0 Å². The Morgan fingerprint density at radius 3 is 2.50 bits per heavy atom. The van der Waals surface area contributed by atoms with Crippen LogP contribution in [0.25, 0.3) is 0 Å². The molecule has 40 heavy (non-hydrogen) atoms. The number of methoxy groups -OCH3 is 1. The summed E-state index contributed by atoms with van der Waals surface area (Å²) >= 11 is 0. The molecule has 2 aromatic carbocycles. The summed E-state index contributed by atoms with van der Waals surface area (Å²) in [5.74, 6) is 7.36. The molecule has 0 saturated heterocycles. The number of imidazole rings is 1. The molecule has 0 spiro atoms. The number of hydrogen-bond donors (Lipinski definition) is 2. The molecule has 4 rings (SSSR count). The summed E-state index contributed by atoms with van der Waals surface area (Å²) in [5.41, 5.74) is 12.5. The molecule has 1 aromatic heterocycles. The minimum Gasteiger partial charge on any atom is -0.469 e. The Balaban J connectivity index is 1.73. The van der Waals surface area contributed by atoms with Gasteiger partial charge in [-0.05, 0) is 67.5 Å². The molecular formula is C33H47N5O2. The van der Waals surface area contributed by atoms with E-state index in [9.17, 15) is 4.79 Å². The molecule has 1 atom stereocenters. The van der Waals surface area contributed by atoms with E-state index in [1.54, 1.807) is 7.05 Å². The molecule has 7 nitrogen and oxygen atoms in total. The quantitative estimate of drug-likeness (QED) is 0.108. The van der Waals surface area contributed by atoms with Gasteiger partial charge < -0.3 is 20.0 Å². The fourth-order valence-corrected chi connectivity index (χ4v) is 6.44. The van der Waals surface area contributed by atoms with Crippen LogP contribution in [0.2, 0.25) is 0 Å². The van der Waals surface area contributed by atoms with Crippen LogP contribution in [0.3, 0.4) is 0 Å². The third-order valence-corrected chi connectivity index (χ3v) is 8.95. The zero-order valence-electron chi connectivity index (χ0n) is 25.2. The first-order valence-electron chi connectivity index (χ1n) is 14.6. The average Bonchev–Trinajstić information content (AvgIpc) is 3.18. The molecule has 1 heterocycles. The van der Waals surface area contributed by atoms with Gasteiger partial charge in [-0.25, -0.2) is 10.8 Å². The summed E-state index contributed by atoms with van der Waals surface area (Å²) in [4.78, 5) is 17.9. The first-order valence-corrected chi connectivity index (χ1v) is 14.6. The fraction of sp³-hybridized carbons (Fsp3) is 0.515. The number of hydrogen-bond acceptors (Lipinski definition) is 6. The Kier molecular flexibility index (Phi) is 9.24. The van der Waals surface area contributed by atoms with E-state index in [-0.39, 0.29) is 11.9 Å². The lowest BCUT2D eigenvalue weighted by atomic mass is 9.69. The zero-order valence-corrected chi connectivity index (χ0v) is 25.2. The number of nitrogens with zero attached hydrogens (tertiary/aromatic N) is 3. The second-order valence-corrected chi connectivity index (χ2v) is 12.2. The monoisotopic (exact) mass is 545 g/mol. The van der Waals surface area contributed by atoms with Crippen molar-refractivity contribution < 1.29 is 9.53 Å². The molecule has 1 fully saturated rings. The number of nitrogen functional groups attached to an aromatic ring is 1. The van der Waals surface area contributed by atoms with E-state index in [1.165, 1.54) is 61.8 Å². The van der Waals surface area contributed by atoms with E-state index in [0.717, 1.165) is 41.2 Å². The van der Waals surface area contributed by atoms with Gasteiger partial charge in [0, 0.05) is 38.3 Å². The Hall–Kier alpha value is -3.32. The molecule has 1 aliphatic rings. The van der Waals surface area contributed by atoms with E-state index in [2.05, 4.69) is 35.9 Å². The largest absolute Gasteiger partial charge is 0.469 e. The van der Waals surface area contributed by atoms with Crippen molar-refractivity contribution in [3.8, 4) is 0 Å². The van der Waals surface area contributed by atoms with Crippen LogP contribution in [0.15, 0.2) is 42.7 Å². The number of esters is 1. The highest BCUT2D eigenvalue weighted by atomic mass is 16.5. The maximum atomic E-state index is 13.2. The standard InChI is InChI=1S/C33H47N5O2/c1-22-13-14-25(20-26(22)21-38-18-17-36-29(38)19-24-11-9-7-8-10-12-24)30(33(3,4)32(39)40-6)27-15-16-28(37(5)35)31(34)23(27)2/h13-18,20,24,30H,7-12,19,21,34-35H2,1-6H3. The van der Waals surface area contributed by atoms with Gasteiger partial charge in [0.1, 0.15) is 5.82 Å². The normalized spacial score (nSPS) is 15.5. The number of rotatable bonds is 9. The highest BCUT2D eigenvalue weighted by Gasteiger charge is 2.41. The number of hydrazine groups is 1. The van der Waals surface area contributed by atoms with Crippen molar-refractivity contribution in [3.63, 3.8) is 0 Å². The Labute approximate surface area is 239 Å². The minimum atomic E-state index is -0.839. The van der Waals surface area contributed by atoms with Crippen molar-refractivity contribution in [3.05, 3.63) is 76.4 Å². The number of anilines is 2. The van der Waals surface area contributed by atoms with Crippen LogP contribution in [0, 0.1) is 25.2 Å². The summed E-state index contributed by atoms with van der Waals surface area (Å²) in [7, 11) is 3.22. The highest BCUT2D eigenvalue weighted by Crippen LogP contribution is 2.45. The topological polar surface area (TPSA) is 99.4 Å². The molecule has 4 N–H and O–H groups in total. The zero-order chi connectivity index (χ0) is 29.0. The lowest BCUT2D eigenvalue weighted by Crippen LogP contribution is -2.34. The van der Waals surface area contributed by atoms with Crippen molar-refractivity contribution in [2.24, 2.45) is 17.2 Å². The predicted octanol–water partition coefficient (Wildman–Crippen LogP) is 6.28. The number of aromatic nitrogens is 2. The molecule has 0 aliphatic heterocycles. The average molecular weight is 546 g/mol. The first kappa shape index (κ1) is 29.7. The van der Waals surface area contributed by atoms with Gasteiger partial charge in [0.05, 0.1) is 23.9 Å². The fourth-order valence-electron chi connectivity index (χ4n) is 6.44. The molecule has 0 bridgehead atoms. The van der Waals surface area contributed by atoms with Crippen LogP contribution in [0.1, 0.15) is 91.9 Å². The van der Waals surface area contributed by atoms with Gasteiger partial charge in [0.2, 0.25) is 0 Å². The van der Waals surface area contributed by atoms with Gasteiger partial charge in [-0.15, -0.1) is 0 Å². The first-order chi connectivity index (χ1) is 19.0. The van der Waals surface area contributed by atoms with Gasteiger partial charge in [0.25, 0.3) is 0 Å². The van der Waals surface area contributed by atoms with Crippen LogP contribution in [0.4, 0.5) is 11.4 Å². The van der Waals surface area contributed by atoms with Crippen molar-refractivity contribution in [1.82, 2.24) is 9.55 Å². The molecule has 216 valence electrons. The van der Waals surface area contributed by atoms with Crippen LogP contribution < -0.4 is 16.6 Å². The van der Waals surface area contributed by atoms with E-state index >= 15 is 0 Å². The number of ether oxygens (including phenoxy) is 1. The molecule has 3 aromatic rings. The second-order valence-electron chi connectivity index (χ2n) is 12.2. The van der Waals surface area contributed by atoms with E-state index in [4.69, 9.17) is 21.3 Å². The maximum Gasteiger partial charge on any atom is 0.312 e. The van der Waals surface area contributed by atoms with Crippen LogP contribution in [-0.4, -0.2) is 29.7 Å². The smallest absolute Gasteiger partial charge is 0.312 e. The minimum absolute atomic E-state index is 0.266. The SMILES string of the molecule is COC(=O)C(C)(C)C(c1ccc(C)c(Cn2ccnc2CC2CCCCCC2)c1)c1ccc(N(C)N)c(N)c1C. The summed E-state index contributed by atoms with van der Waals surface area (Å²) < 4.78 is 7.59. The number of nitrogens with two attached hydrogens (primary N) is 2. The van der Waals surface area contributed by atoms with Gasteiger partial charge in [-0.1, -0.05) is 62.8 Å². The molecule has 1 aliphatic carbocycles. The van der Waals surface area contributed by atoms with Crippen LogP contribution in [-0.2, 0) is 22.5 Å². The summed E-state index contributed by atoms with van der Waals surface area (Å²) in [6, 6.07) is 10.5. The molecule has 1 saturated carbocycles. The Morgan fingerprint density at radius 2 is 1.85 bits per heavy atom. The Bertz CT molecular complexity index is 1320. The number of benzene rings is 2. The van der Waals surface area contributed by atoms with Crippen molar-refractivity contribution in [1.29, 1.82) is 0 Å². The Morgan fingerprint density at radius 1 is 1.15 bits per heavy atom. The maximum absolute atomic E-state index is 13.2. The van der Waals surface area contributed by atoms with Gasteiger partial charge in [-0.3, -0.25) is 4.79 Å². The number of carbonyl (C=O) groups is 1. The van der Waals surface area contributed by atoms with E-state index < -0.39 is 5.41 Å². The summed E-state index contributed by atoms with van der Waals surface area (Å²) in [6.45, 7) is 8.78. The number of aryl methyl sites for hydroxylation is 1. The van der Waals surface area contributed by atoms with Gasteiger partial charge in [0.15, 0.2) is 0 Å². The van der Waals surface area contributed by atoms with E-state index in [0.29, 0.717) is 11.6 Å². The molecule has 7 heteroatoms. The molecule has 0 radical (unpaired) electrons.